The van der Waals surface area contributed by atoms with Crippen molar-refractivity contribution in [2.45, 2.75) is 37.8 Å². The number of ether oxygens (including phenoxy) is 1. The molecule has 0 fully saturated rings. The highest BCUT2D eigenvalue weighted by Crippen LogP contribution is 2.34. The van der Waals surface area contributed by atoms with E-state index < -0.39 is 28.9 Å². The number of para-hydroxylation sites is 1. The fourth-order valence-corrected chi connectivity index (χ4v) is 4.11. The number of carbonyl (C=O) groups is 2. The highest BCUT2D eigenvalue weighted by Gasteiger charge is 2.38. The number of thioether (sulfide) groups is 1. The Morgan fingerprint density at radius 2 is 1.97 bits per heavy atom. The molecular weight excluding hydrogens is 430 g/mol. The number of esters is 1. The molecule has 4 N–H and O–H groups in total. The Morgan fingerprint density at radius 1 is 1.25 bits per heavy atom. The van der Waals surface area contributed by atoms with Crippen LogP contribution in [0.25, 0.3) is 0 Å². The van der Waals surface area contributed by atoms with Gasteiger partial charge in [0, 0.05) is 11.9 Å². The molecule has 0 spiro atoms. The largest absolute Gasteiger partial charge is 0.459 e. The smallest absolute Gasteiger partial charge is 0.320 e. The molecule has 0 saturated heterocycles. The zero-order chi connectivity index (χ0) is 23.3. The van der Waals surface area contributed by atoms with E-state index in [2.05, 4.69) is 20.3 Å². The quantitative estimate of drug-likeness (QED) is 0.423. The minimum Gasteiger partial charge on any atom is -0.459 e. The summed E-state index contributed by atoms with van der Waals surface area (Å²) in [6, 6.07) is 10.3. The first-order chi connectivity index (χ1) is 15.2. The Hall–Kier alpha value is -3.31. The number of aromatic nitrogens is 2. The van der Waals surface area contributed by atoms with E-state index in [0.717, 1.165) is 5.69 Å². The van der Waals surface area contributed by atoms with Gasteiger partial charge in [-0.2, -0.15) is 0 Å². The van der Waals surface area contributed by atoms with Crippen LogP contribution in [0, 0.1) is 5.41 Å². The number of carbonyl (C=O) groups excluding carboxylic acids is 2. The van der Waals surface area contributed by atoms with Crippen LogP contribution < -0.4 is 16.0 Å². The maximum absolute atomic E-state index is 12.2. The number of benzene rings is 1. The lowest BCUT2D eigenvalue weighted by molar-refractivity contribution is -0.153. The number of nitrogens with zero attached hydrogens (tertiary/aromatic N) is 4. The molecular formula is C21H25N7O3S. The summed E-state index contributed by atoms with van der Waals surface area (Å²) in [5.41, 5.74) is 5.17. The van der Waals surface area contributed by atoms with Crippen LogP contribution in [0.5, 0.6) is 0 Å². The van der Waals surface area contributed by atoms with Crippen molar-refractivity contribution >= 4 is 46.0 Å². The maximum atomic E-state index is 12.2. The van der Waals surface area contributed by atoms with Crippen LogP contribution in [0.2, 0.25) is 0 Å². The highest BCUT2D eigenvalue weighted by molar-refractivity contribution is 8.15. The van der Waals surface area contributed by atoms with Crippen molar-refractivity contribution in [1.29, 1.82) is 5.41 Å². The summed E-state index contributed by atoms with van der Waals surface area (Å²) in [6.45, 7) is 5.23. The topological polar surface area (TPSA) is 147 Å². The van der Waals surface area contributed by atoms with Gasteiger partial charge in [-0.25, -0.2) is 15.0 Å². The lowest BCUT2D eigenvalue weighted by Gasteiger charge is -2.24. The third kappa shape index (κ3) is 5.89. The van der Waals surface area contributed by atoms with Gasteiger partial charge in [0.2, 0.25) is 0 Å². The molecule has 2 unspecified atom stereocenters. The number of nitrogens with two attached hydrogens (primary N) is 1. The Labute approximate surface area is 190 Å². The molecule has 2 aromatic rings. The lowest BCUT2D eigenvalue weighted by atomic mass is 10.1. The van der Waals surface area contributed by atoms with Gasteiger partial charge in [0.15, 0.2) is 5.17 Å². The second-order valence-corrected chi connectivity index (χ2v) is 8.99. The van der Waals surface area contributed by atoms with Crippen molar-refractivity contribution in [3.63, 3.8) is 0 Å². The monoisotopic (exact) mass is 455 g/mol. The number of rotatable bonds is 7. The van der Waals surface area contributed by atoms with Crippen LogP contribution >= 0.6 is 11.8 Å². The van der Waals surface area contributed by atoms with Crippen LogP contribution in [0.15, 0.2) is 53.9 Å². The molecule has 0 bridgehead atoms. The minimum atomic E-state index is -0.886. The van der Waals surface area contributed by atoms with E-state index in [1.165, 1.54) is 18.1 Å². The number of hydrogen-bond acceptors (Lipinski definition) is 10. The van der Waals surface area contributed by atoms with Crippen LogP contribution in [-0.2, 0) is 14.3 Å². The Morgan fingerprint density at radius 3 is 2.56 bits per heavy atom. The number of hydrogen-bond donors (Lipinski definition) is 3. The minimum absolute atomic E-state index is 0.112. The van der Waals surface area contributed by atoms with Gasteiger partial charge in [-0.05, 0) is 39.0 Å². The van der Waals surface area contributed by atoms with Crippen molar-refractivity contribution in [2.75, 3.05) is 11.4 Å². The Bertz CT molecular complexity index is 970. The zero-order valence-corrected chi connectivity index (χ0v) is 18.8. The van der Waals surface area contributed by atoms with Gasteiger partial charge in [-0.3, -0.25) is 25.2 Å². The summed E-state index contributed by atoms with van der Waals surface area (Å²) < 4.78 is 5.33. The fourth-order valence-electron chi connectivity index (χ4n) is 2.92. The van der Waals surface area contributed by atoms with Crippen molar-refractivity contribution in [3.8, 4) is 0 Å². The number of primary amides is 1. The summed E-state index contributed by atoms with van der Waals surface area (Å²) >= 11 is 1.27. The van der Waals surface area contributed by atoms with Gasteiger partial charge in [-0.15, -0.1) is 0 Å². The van der Waals surface area contributed by atoms with Crippen LogP contribution in [0.1, 0.15) is 20.8 Å². The molecule has 0 saturated carbocycles. The summed E-state index contributed by atoms with van der Waals surface area (Å²) in [4.78, 5) is 38.6. The SMILES string of the molecule is CC(C)(C)OC(=O)CNC1SC(N(c2ccccc2)c2ccncn2)=NC1C(=N)C(N)=O. The van der Waals surface area contributed by atoms with Gasteiger partial charge >= 0.3 is 5.97 Å². The number of amides is 1. The molecule has 2 atom stereocenters. The summed E-state index contributed by atoms with van der Waals surface area (Å²) in [5.74, 6) is -0.765. The number of anilines is 2. The van der Waals surface area contributed by atoms with Crippen molar-refractivity contribution in [2.24, 2.45) is 10.7 Å². The van der Waals surface area contributed by atoms with E-state index in [9.17, 15) is 9.59 Å². The lowest BCUT2D eigenvalue weighted by Crippen LogP contribution is -2.45. The van der Waals surface area contributed by atoms with Gasteiger partial charge in [0.25, 0.3) is 5.91 Å². The van der Waals surface area contributed by atoms with Crippen molar-refractivity contribution < 1.29 is 14.3 Å². The molecule has 11 heteroatoms. The third-order valence-electron chi connectivity index (χ3n) is 4.20. The van der Waals surface area contributed by atoms with Crippen LogP contribution in [-0.4, -0.2) is 56.3 Å². The van der Waals surface area contributed by atoms with E-state index in [-0.39, 0.29) is 12.3 Å². The van der Waals surface area contributed by atoms with Gasteiger partial charge in [-0.1, -0.05) is 30.0 Å². The molecule has 0 aliphatic carbocycles. The molecule has 1 aliphatic heterocycles. The molecule has 2 heterocycles. The van der Waals surface area contributed by atoms with E-state index in [0.29, 0.717) is 11.0 Å². The first-order valence-corrected chi connectivity index (χ1v) is 10.7. The zero-order valence-electron chi connectivity index (χ0n) is 18.0. The van der Waals surface area contributed by atoms with Gasteiger partial charge in [0.05, 0.1) is 11.9 Å². The van der Waals surface area contributed by atoms with Crippen molar-refractivity contribution in [1.82, 2.24) is 15.3 Å². The van der Waals surface area contributed by atoms with Gasteiger partial charge < -0.3 is 10.5 Å². The fraction of sp³-hybridized carbons (Fsp3) is 0.333. The standard InChI is InChI=1S/C21H25N7O3S/c1-21(2,3)31-15(29)11-25-19-17(16(22)18(23)30)27-20(32-19)28(13-7-5-4-6-8-13)14-9-10-24-12-26-14/h4-10,12,17,19,22,25H,11H2,1-3H3,(H2,23,30). The molecule has 32 heavy (non-hydrogen) atoms. The maximum Gasteiger partial charge on any atom is 0.320 e. The summed E-state index contributed by atoms with van der Waals surface area (Å²) in [6.07, 6.45) is 3.03. The van der Waals surface area contributed by atoms with E-state index in [1.807, 2.05) is 30.3 Å². The predicted octanol–water partition coefficient (Wildman–Crippen LogP) is 1.85. The second-order valence-electron chi connectivity index (χ2n) is 7.88. The predicted molar refractivity (Wildman–Crippen MR) is 124 cm³/mol. The Balaban J connectivity index is 1.89. The van der Waals surface area contributed by atoms with Crippen LogP contribution in [0.3, 0.4) is 0 Å². The first kappa shape index (κ1) is 23.4. The Kier molecular flexibility index (Phi) is 7.21. The number of nitrogens with one attached hydrogen (secondary N) is 2. The molecule has 0 radical (unpaired) electrons. The molecule has 3 rings (SSSR count). The molecule has 1 amide bonds. The summed E-state index contributed by atoms with van der Waals surface area (Å²) in [7, 11) is 0. The third-order valence-corrected chi connectivity index (χ3v) is 5.38. The van der Waals surface area contributed by atoms with Crippen LogP contribution in [0.4, 0.5) is 11.5 Å². The van der Waals surface area contributed by atoms with E-state index in [4.69, 9.17) is 15.9 Å². The van der Waals surface area contributed by atoms with E-state index >= 15 is 0 Å². The number of amidine groups is 1. The van der Waals surface area contributed by atoms with Crippen molar-refractivity contribution in [3.05, 3.63) is 48.9 Å². The molecule has 1 aliphatic rings. The summed E-state index contributed by atoms with van der Waals surface area (Å²) in [5, 5.41) is 11.1. The first-order valence-electron chi connectivity index (χ1n) is 9.85. The second kappa shape index (κ2) is 9.88. The average molecular weight is 456 g/mol. The number of aliphatic imine (C=N–C) groups is 1. The molecule has 1 aromatic carbocycles. The molecule has 1 aromatic heterocycles. The average Bonchev–Trinajstić information content (AvgIpc) is 3.15. The normalized spacial score (nSPS) is 18.0. The van der Waals surface area contributed by atoms with E-state index in [1.54, 1.807) is 37.9 Å². The van der Waals surface area contributed by atoms with Gasteiger partial charge in [0.1, 0.15) is 29.5 Å². The molecule has 168 valence electrons. The molecule has 10 nitrogen and oxygen atoms in total. The highest BCUT2D eigenvalue weighted by atomic mass is 32.2.